The molecule has 0 atom stereocenters. The molecule has 5 nitrogen and oxygen atoms in total. The van der Waals surface area contributed by atoms with Crippen LogP contribution in [0.25, 0.3) is 20.8 Å². The molecule has 1 saturated heterocycles. The lowest BCUT2D eigenvalue weighted by Crippen LogP contribution is -2.33. The first-order valence-electron chi connectivity index (χ1n) is 11.1. The molecule has 2 aromatic heterocycles. The summed E-state index contributed by atoms with van der Waals surface area (Å²) < 4.78 is 3.16. The maximum atomic E-state index is 12.6. The molecule has 0 unspecified atom stereocenters. The van der Waals surface area contributed by atoms with Gasteiger partial charge in [-0.3, -0.25) is 9.20 Å². The Hall–Kier alpha value is -2.70. The van der Waals surface area contributed by atoms with Crippen LogP contribution in [0.5, 0.6) is 0 Å². The van der Waals surface area contributed by atoms with Crippen molar-refractivity contribution in [2.75, 3.05) is 26.2 Å². The minimum absolute atomic E-state index is 0.00319. The van der Waals surface area contributed by atoms with Crippen LogP contribution in [0.4, 0.5) is 0 Å². The maximum absolute atomic E-state index is 12.6. The first-order valence-corrected chi connectivity index (χ1v) is 11.9. The molecule has 0 spiro atoms. The molecule has 3 heterocycles. The number of amides is 1. The number of carbonyl (C=O) groups is 1. The van der Waals surface area contributed by atoms with Gasteiger partial charge in [0, 0.05) is 23.9 Å². The number of rotatable bonds is 8. The number of nitrogens with zero attached hydrogens (tertiary/aromatic N) is 3. The summed E-state index contributed by atoms with van der Waals surface area (Å²) in [5, 5.41) is 3.08. The van der Waals surface area contributed by atoms with Crippen molar-refractivity contribution in [3.8, 4) is 0 Å². The Morgan fingerprint density at radius 3 is 2.90 bits per heavy atom. The molecule has 0 saturated carbocycles. The van der Waals surface area contributed by atoms with Gasteiger partial charge in [-0.2, -0.15) is 0 Å². The van der Waals surface area contributed by atoms with Gasteiger partial charge in [-0.05, 0) is 64.0 Å². The zero-order chi connectivity index (χ0) is 21.6. The van der Waals surface area contributed by atoms with Crippen LogP contribution in [0.15, 0.2) is 55.3 Å². The number of fused-ring (bicyclic) bond motifs is 3. The fourth-order valence-corrected chi connectivity index (χ4v) is 5.15. The lowest BCUT2D eigenvalue weighted by atomic mass is 10.1. The van der Waals surface area contributed by atoms with Gasteiger partial charge in [0.2, 0.25) is 0 Å². The maximum Gasteiger partial charge on any atom is 0.251 e. The Bertz CT molecular complexity index is 1130. The third-order valence-electron chi connectivity index (χ3n) is 5.68. The first-order chi connectivity index (χ1) is 15.2. The average Bonchev–Trinajstić information content (AvgIpc) is 3.34. The van der Waals surface area contributed by atoms with Crippen LogP contribution in [-0.2, 0) is 0 Å². The highest BCUT2D eigenvalue weighted by Crippen LogP contribution is 2.29. The molecule has 0 radical (unpaired) electrons. The molecule has 1 aromatic carbocycles. The molecular formula is C25H30N4OS. The van der Waals surface area contributed by atoms with Crippen molar-refractivity contribution in [2.24, 2.45) is 0 Å². The van der Waals surface area contributed by atoms with Crippen LogP contribution in [0, 0.1) is 0 Å². The van der Waals surface area contributed by atoms with Crippen LogP contribution >= 0.6 is 11.3 Å². The highest BCUT2D eigenvalue weighted by Gasteiger charge is 2.14. The zero-order valence-corrected chi connectivity index (χ0v) is 19.0. The third kappa shape index (κ3) is 4.97. The topological polar surface area (TPSA) is 49.6 Å². The van der Waals surface area contributed by atoms with E-state index >= 15 is 0 Å². The molecule has 1 aliphatic heterocycles. The third-order valence-corrected chi connectivity index (χ3v) is 6.70. The van der Waals surface area contributed by atoms with E-state index in [1.165, 1.54) is 32.4 Å². The summed E-state index contributed by atoms with van der Waals surface area (Å²) >= 11 is 1.60. The summed E-state index contributed by atoms with van der Waals surface area (Å²) in [5.74, 6) is -0.00319. The standard InChI is InChI=1S/C25H30N4OS/c1-3-9-19(10-4-2)21-18-29-22-12-11-20(17-23(22)31-25(29)27-21)24(30)26-13-8-16-28-14-6-5-7-15-28/h3-4,9-12,17-18H,1,5-8,13-16H2,2H3,(H,26,30)/b10-4-,19-9+. The number of allylic oxidation sites excluding steroid dienone is 5. The number of imidazole rings is 1. The molecule has 162 valence electrons. The molecular weight excluding hydrogens is 404 g/mol. The molecule has 0 bridgehead atoms. The van der Waals surface area contributed by atoms with Gasteiger partial charge < -0.3 is 10.2 Å². The molecule has 31 heavy (non-hydrogen) atoms. The molecule has 4 rings (SSSR count). The summed E-state index contributed by atoms with van der Waals surface area (Å²) in [4.78, 5) is 20.8. The van der Waals surface area contributed by atoms with Gasteiger partial charge in [-0.1, -0.05) is 48.6 Å². The van der Waals surface area contributed by atoms with Crippen molar-refractivity contribution < 1.29 is 4.79 Å². The summed E-state index contributed by atoms with van der Waals surface area (Å²) in [7, 11) is 0. The molecule has 3 aromatic rings. The van der Waals surface area contributed by atoms with Crippen molar-refractivity contribution in [3.63, 3.8) is 0 Å². The van der Waals surface area contributed by atoms with Crippen LogP contribution < -0.4 is 5.32 Å². The van der Waals surface area contributed by atoms with Crippen LogP contribution in [-0.4, -0.2) is 46.4 Å². The number of benzene rings is 1. The summed E-state index contributed by atoms with van der Waals surface area (Å²) in [6.45, 7) is 9.97. The van der Waals surface area contributed by atoms with Gasteiger partial charge >= 0.3 is 0 Å². The highest BCUT2D eigenvalue weighted by atomic mass is 32.1. The van der Waals surface area contributed by atoms with E-state index in [2.05, 4.69) is 21.2 Å². The van der Waals surface area contributed by atoms with Crippen molar-refractivity contribution in [2.45, 2.75) is 32.6 Å². The SMILES string of the molecule is C=C/C=C(\C=C/C)c1cn2c(n1)sc1cc(C(=O)NCCCN3CCCCC3)ccc12. The smallest absolute Gasteiger partial charge is 0.251 e. The fraction of sp³-hybridized carbons (Fsp3) is 0.360. The second kappa shape index (κ2) is 10.1. The van der Waals surface area contributed by atoms with E-state index < -0.39 is 0 Å². The number of likely N-dealkylation sites (tertiary alicyclic amines) is 1. The Balaban J connectivity index is 1.43. The van der Waals surface area contributed by atoms with Crippen LogP contribution in [0.1, 0.15) is 48.7 Å². The van der Waals surface area contributed by atoms with Gasteiger partial charge in [-0.25, -0.2) is 4.98 Å². The molecule has 1 aliphatic rings. The van der Waals surface area contributed by atoms with Crippen molar-refractivity contribution in [1.29, 1.82) is 0 Å². The quantitative estimate of drug-likeness (QED) is 0.387. The van der Waals surface area contributed by atoms with Crippen molar-refractivity contribution in [1.82, 2.24) is 19.6 Å². The Kier molecular flexibility index (Phi) is 6.99. The molecule has 1 N–H and O–H groups in total. The number of hydrogen-bond acceptors (Lipinski definition) is 4. The molecule has 0 aliphatic carbocycles. The van der Waals surface area contributed by atoms with E-state index in [0.29, 0.717) is 12.1 Å². The van der Waals surface area contributed by atoms with E-state index in [9.17, 15) is 4.79 Å². The van der Waals surface area contributed by atoms with Crippen molar-refractivity contribution in [3.05, 3.63) is 66.5 Å². The molecule has 1 amide bonds. The minimum atomic E-state index is -0.00319. The lowest BCUT2D eigenvalue weighted by molar-refractivity contribution is 0.0951. The van der Waals surface area contributed by atoms with E-state index in [0.717, 1.165) is 39.4 Å². The second-order valence-electron chi connectivity index (χ2n) is 7.93. The number of piperidine rings is 1. The summed E-state index contributed by atoms with van der Waals surface area (Å²) in [6.07, 6.45) is 14.8. The van der Waals surface area contributed by atoms with Gasteiger partial charge in [0.1, 0.15) is 0 Å². The summed E-state index contributed by atoms with van der Waals surface area (Å²) in [5.41, 5.74) is 3.72. The predicted molar refractivity (Wildman–Crippen MR) is 131 cm³/mol. The number of hydrogen-bond donors (Lipinski definition) is 1. The molecule has 1 fully saturated rings. The van der Waals surface area contributed by atoms with Crippen LogP contribution in [0.2, 0.25) is 0 Å². The van der Waals surface area contributed by atoms with Gasteiger partial charge in [0.15, 0.2) is 4.96 Å². The largest absolute Gasteiger partial charge is 0.352 e. The predicted octanol–water partition coefficient (Wildman–Crippen LogP) is 5.30. The minimum Gasteiger partial charge on any atom is -0.352 e. The van der Waals surface area contributed by atoms with E-state index in [1.54, 1.807) is 17.4 Å². The Morgan fingerprint density at radius 2 is 2.13 bits per heavy atom. The van der Waals surface area contributed by atoms with Gasteiger partial charge in [0.25, 0.3) is 5.91 Å². The number of nitrogens with one attached hydrogen (secondary N) is 1. The second-order valence-corrected chi connectivity index (χ2v) is 8.94. The Morgan fingerprint density at radius 1 is 1.29 bits per heavy atom. The number of thiazole rings is 1. The van der Waals surface area contributed by atoms with E-state index in [4.69, 9.17) is 4.98 Å². The van der Waals surface area contributed by atoms with E-state index in [1.807, 2.05) is 49.5 Å². The Labute approximate surface area is 187 Å². The normalized spacial score (nSPS) is 15.8. The zero-order valence-electron chi connectivity index (χ0n) is 18.1. The molecule has 6 heteroatoms. The van der Waals surface area contributed by atoms with Gasteiger partial charge in [0.05, 0.1) is 15.9 Å². The highest BCUT2D eigenvalue weighted by molar-refractivity contribution is 7.23. The first kappa shape index (κ1) is 21.5. The monoisotopic (exact) mass is 434 g/mol. The number of carbonyl (C=O) groups excluding carboxylic acids is 1. The number of aromatic nitrogens is 2. The average molecular weight is 435 g/mol. The van der Waals surface area contributed by atoms with Crippen LogP contribution in [0.3, 0.4) is 0 Å². The fourth-order valence-electron chi connectivity index (χ4n) is 4.10. The van der Waals surface area contributed by atoms with Crippen molar-refractivity contribution >= 4 is 38.0 Å². The van der Waals surface area contributed by atoms with Gasteiger partial charge in [-0.15, -0.1) is 0 Å². The van der Waals surface area contributed by atoms with E-state index in [-0.39, 0.29) is 5.91 Å². The lowest BCUT2D eigenvalue weighted by Gasteiger charge is -2.26. The summed E-state index contributed by atoms with van der Waals surface area (Å²) in [6, 6.07) is 5.89.